The Hall–Kier alpha value is -2.39. The number of pyridine rings is 1. The molecule has 3 heterocycles. The molecule has 0 fully saturated rings. The van der Waals surface area contributed by atoms with E-state index in [0.29, 0.717) is 17.0 Å². The van der Waals surface area contributed by atoms with E-state index in [0.717, 1.165) is 15.3 Å². The number of nitrogens with zero attached hydrogens (tertiary/aromatic N) is 2. The van der Waals surface area contributed by atoms with E-state index >= 15 is 0 Å². The van der Waals surface area contributed by atoms with E-state index in [1.807, 2.05) is 13.8 Å². The minimum absolute atomic E-state index is 0.0852. The predicted molar refractivity (Wildman–Crippen MR) is 105 cm³/mol. The van der Waals surface area contributed by atoms with Gasteiger partial charge >= 0.3 is 0 Å². The van der Waals surface area contributed by atoms with Crippen LogP contribution >= 0.6 is 23.1 Å². The highest BCUT2D eigenvalue weighted by Crippen LogP contribution is 2.27. The third-order valence-electron chi connectivity index (χ3n) is 3.96. The van der Waals surface area contributed by atoms with Crippen molar-refractivity contribution in [3.05, 3.63) is 44.9 Å². The van der Waals surface area contributed by atoms with Crippen molar-refractivity contribution in [1.29, 1.82) is 0 Å². The van der Waals surface area contributed by atoms with Crippen molar-refractivity contribution in [3.63, 3.8) is 0 Å². The maximum atomic E-state index is 12.3. The molecule has 1 atom stereocenters. The number of fused-ring (bicyclic) bond motifs is 1. The lowest BCUT2D eigenvalue weighted by atomic mass is 10.2. The van der Waals surface area contributed by atoms with Crippen LogP contribution in [0.5, 0.6) is 5.75 Å². The Morgan fingerprint density at radius 1 is 1.46 bits per heavy atom. The summed E-state index contributed by atoms with van der Waals surface area (Å²) in [6, 6.07) is 3.03. The summed E-state index contributed by atoms with van der Waals surface area (Å²) in [6.45, 7) is 5.63. The molecule has 0 saturated heterocycles. The molecular formula is C17H18N4O3S2. The summed E-state index contributed by atoms with van der Waals surface area (Å²) in [7, 11) is 0. The number of nitrogens with one attached hydrogen (secondary N) is 2. The number of aromatic hydroxyl groups is 1. The lowest BCUT2D eigenvalue weighted by molar-refractivity contribution is -0.115. The van der Waals surface area contributed by atoms with Gasteiger partial charge in [-0.2, -0.15) is 0 Å². The van der Waals surface area contributed by atoms with Crippen LogP contribution in [0.25, 0.3) is 10.2 Å². The molecule has 3 aromatic rings. The van der Waals surface area contributed by atoms with Crippen molar-refractivity contribution in [2.75, 3.05) is 5.32 Å². The number of hydrogen-bond acceptors (Lipinski definition) is 7. The summed E-state index contributed by atoms with van der Waals surface area (Å²) in [5, 5.41) is 12.5. The fraction of sp³-hybridized carbons (Fsp3) is 0.294. The van der Waals surface area contributed by atoms with E-state index in [2.05, 4.69) is 20.3 Å². The van der Waals surface area contributed by atoms with Gasteiger partial charge in [-0.1, -0.05) is 0 Å². The van der Waals surface area contributed by atoms with Gasteiger partial charge in [0, 0.05) is 11.1 Å². The second-order valence-electron chi connectivity index (χ2n) is 5.79. The zero-order valence-electron chi connectivity index (χ0n) is 14.5. The first-order valence-electron chi connectivity index (χ1n) is 7.92. The molecule has 136 valence electrons. The van der Waals surface area contributed by atoms with Crippen molar-refractivity contribution in [1.82, 2.24) is 15.0 Å². The number of aromatic nitrogens is 3. The first-order valence-corrected chi connectivity index (χ1v) is 9.78. The van der Waals surface area contributed by atoms with Gasteiger partial charge in [0.15, 0.2) is 11.6 Å². The van der Waals surface area contributed by atoms with Crippen molar-refractivity contribution < 1.29 is 9.90 Å². The van der Waals surface area contributed by atoms with Gasteiger partial charge in [0.05, 0.1) is 16.4 Å². The van der Waals surface area contributed by atoms with Crippen LogP contribution in [0.4, 0.5) is 5.82 Å². The molecular weight excluding hydrogens is 372 g/mol. The molecule has 0 aliphatic rings. The molecule has 3 N–H and O–H groups in total. The second-order valence-corrected chi connectivity index (χ2v) is 8.32. The Morgan fingerprint density at radius 3 is 2.96 bits per heavy atom. The molecule has 0 radical (unpaired) electrons. The van der Waals surface area contributed by atoms with Crippen LogP contribution in [0.2, 0.25) is 0 Å². The molecule has 3 rings (SSSR count). The number of hydrogen-bond donors (Lipinski definition) is 3. The number of rotatable bonds is 5. The van der Waals surface area contributed by atoms with Crippen LogP contribution in [0, 0.1) is 13.8 Å². The van der Waals surface area contributed by atoms with E-state index in [9.17, 15) is 14.7 Å². The lowest BCUT2D eigenvalue weighted by Crippen LogP contribution is -2.23. The first-order chi connectivity index (χ1) is 12.4. The topological polar surface area (TPSA) is 108 Å². The highest BCUT2D eigenvalue weighted by molar-refractivity contribution is 7.99. The molecule has 0 aliphatic carbocycles. The van der Waals surface area contributed by atoms with E-state index in [-0.39, 0.29) is 23.0 Å². The molecule has 1 amide bonds. The van der Waals surface area contributed by atoms with Crippen molar-refractivity contribution in [2.24, 2.45) is 0 Å². The molecule has 26 heavy (non-hydrogen) atoms. The number of carbonyl (C=O) groups is 1. The number of aryl methyl sites for hydroxylation is 2. The van der Waals surface area contributed by atoms with Crippen LogP contribution in [0.1, 0.15) is 23.2 Å². The number of amides is 1. The van der Waals surface area contributed by atoms with E-state index < -0.39 is 5.25 Å². The first kappa shape index (κ1) is 18.4. The number of thioether (sulfide) groups is 1. The second kappa shape index (κ2) is 7.46. The Kier molecular flexibility index (Phi) is 5.28. The average molecular weight is 390 g/mol. The van der Waals surface area contributed by atoms with Crippen LogP contribution in [-0.2, 0) is 10.5 Å². The predicted octanol–water partition coefficient (Wildman–Crippen LogP) is 2.96. The standard InChI is InChI=1S/C17H18N4O3S2/c1-8-9(2)26-17-13(8)16(24)19-12(20-17)7-25-10(3)15(23)21-14-11(22)5-4-6-18-14/h4-6,10,22H,7H2,1-3H3,(H,18,21,23)(H,19,20,24). The maximum Gasteiger partial charge on any atom is 0.259 e. The third kappa shape index (κ3) is 3.73. The van der Waals surface area contributed by atoms with E-state index in [4.69, 9.17) is 0 Å². The Labute approximate surface area is 157 Å². The molecule has 0 aliphatic heterocycles. The summed E-state index contributed by atoms with van der Waals surface area (Å²) in [4.78, 5) is 37.5. The zero-order chi connectivity index (χ0) is 18.8. The fourth-order valence-corrected chi connectivity index (χ4v) is 4.16. The van der Waals surface area contributed by atoms with Crippen LogP contribution in [-0.4, -0.2) is 31.2 Å². The van der Waals surface area contributed by atoms with Gasteiger partial charge in [-0.05, 0) is 38.5 Å². The summed E-state index contributed by atoms with van der Waals surface area (Å²) in [5.41, 5.74) is 0.809. The van der Waals surface area contributed by atoms with Gasteiger partial charge in [-0.15, -0.1) is 23.1 Å². The number of carbonyl (C=O) groups excluding carboxylic acids is 1. The molecule has 3 aromatic heterocycles. The van der Waals surface area contributed by atoms with Gasteiger partial charge in [0.25, 0.3) is 5.56 Å². The van der Waals surface area contributed by atoms with Crippen molar-refractivity contribution in [3.8, 4) is 5.75 Å². The quantitative estimate of drug-likeness (QED) is 0.618. The normalized spacial score (nSPS) is 12.3. The Balaban J connectivity index is 1.68. The molecule has 0 spiro atoms. The average Bonchev–Trinajstić information content (AvgIpc) is 2.89. The smallest absolute Gasteiger partial charge is 0.259 e. The molecule has 0 bridgehead atoms. The molecule has 0 aromatic carbocycles. The maximum absolute atomic E-state index is 12.3. The Bertz CT molecular complexity index is 1030. The number of anilines is 1. The van der Waals surface area contributed by atoms with Gasteiger partial charge < -0.3 is 15.4 Å². The summed E-state index contributed by atoms with van der Waals surface area (Å²) in [6.07, 6.45) is 1.49. The molecule has 1 unspecified atom stereocenters. The highest BCUT2D eigenvalue weighted by Gasteiger charge is 2.17. The van der Waals surface area contributed by atoms with Crippen LogP contribution in [0.15, 0.2) is 23.1 Å². The van der Waals surface area contributed by atoms with Crippen LogP contribution in [0.3, 0.4) is 0 Å². The van der Waals surface area contributed by atoms with Crippen molar-refractivity contribution >= 4 is 45.0 Å². The zero-order valence-corrected chi connectivity index (χ0v) is 16.1. The fourth-order valence-electron chi connectivity index (χ4n) is 2.36. The summed E-state index contributed by atoms with van der Waals surface area (Å²) < 4.78 is 0. The SMILES string of the molecule is Cc1sc2nc(CSC(C)C(=O)Nc3ncccc3O)[nH]c(=O)c2c1C. The number of aromatic amines is 1. The molecule has 7 nitrogen and oxygen atoms in total. The highest BCUT2D eigenvalue weighted by atomic mass is 32.2. The number of H-pyrrole nitrogens is 1. The van der Waals surface area contributed by atoms with Gasteiger partial charge in [-0.3, -0.25) is 9.59 Å². The van der Waals surface area contributed by atoms with E-state index in [1.165, 1.54) is 35.4 Å². The summed E-state index contributed by atoms with van der Waals surface area (Å²) >= 11 is 2.84. The molecule has 9 heteroatoms. The largest absolute Gasteiger partial charge is 0.504 e. The minimum Gasteiger partial charge on any atom is -0.504 e. The van der Waals surface area contributed by atoms with Gasteiger partial charge in [0.1, 0.15) is 10.7 Å². The summed E-state index contributed by atoms with van der Waals surface area (Å²) in [5.74, 6) is 0.689. The van der Waals surface area contributed by atoms with Gasteiger partial charge in [0.2, 0.25) is 5.91 Å². The monoisotopic (exact) mass is 390 g/mol. The molecule has 0 saturated carbocycles. The minimum atomic E-state index is -0.413. The Morgan fingerprint density at radius 2 is 2.23 bits per heavy atom. The van der Waals surface area contributed by atoms with Gasteiger partial charge in [-0.25, -0.2) is 9.97 Å². The lowest BCUT2D eigenvalue weighted by Gasteiger charge is -2.11. The van der Waals surface area contributed by atoms with E-state index in [1.54, 1.807) is 13.0 Å². The third-order valence-corrected chi connectivity index (χ3v) is 6.21. The number of thiophene rings is 1. The van der Waals surface area contributed by atoms with Crippen molar-refractivity contribution in [2.45, 2.75) is 31.8 Å². The van der Waals surface area contributed by atoms with Crippen LogP contribution < -0.4 is 10.9 Å².